The highest BCUT2D eigenvalue weighted by Crippen LogP contribution is 2.41. The van der Waals surface area contributed by atoms with Crippen LogP contribution in [0.3, 0.4) is 0 Å². The molecule has 2 N–H and O–H groups in total. The Morgan fingerprint density at radius 3 is 2.51 bits per heavy atom. The maximum absolute atomic E-state index is 12.9. The van der Waals surface area contributed by atoms with Crippen LogP contribution in [0.15, 0.2) is 78.2 Å². The summed E-state index contributed by atoms with van der Waals surface area (Å²) in [4.78, 5) is 4.69. The van der Waals surface area contributed by atoms with Crippen LogP contribution in [0.2, 0.25) is 0 Å². The molecule has 0 spiro atoms. The summed E-state index contributed by atoms with van der Waals surface area (Å²) < 4.78 is 69.5. The molecule has 0 aliphatic carbocycles. The zero-order valence-electron chi connectivity index (χ0n) is 19.1. The van der Waals surface area contributed by atoms with Gasteiger partial charge in [0, 0.05) is 28.0 Å². The maximum Gasteiger partial charge on any atom is 0.516 e. The number of halogens is 3. The van der Waals surface area contributed by atoms with Crippen LogP contribution in [0, 0.1) is 5.92 Å². The van der Waals surface area contributed by atoms with Crippen molar-refractivity contribution in [2.24, 2.45) is 5.92 Å². The zero-order valence-corrected chi connectivity index (χ0v) is 20.8. The fraction of sp³-hybridized carbons (Fsp3) is 0.192. The summed E-state index contributed by atoms with van der Waals surface area (Å²) in [6, 6.07) is 20.4. The van der Waals surface area contributed by atoms with Gasteiger partial charge in [-0.05, 0) is 24.1 Å². The topological polar surface area (TPSA) is 88.5 Å². The molecule has 11 heteroatoms. The summed E-state index contributed by atoms with van der Waals surface area (Å²) in [5, 5.41) is 13.9. The van der Waals surface area contributed by atoms with Gasteiger partial charge in [0.1, 0.15) is 10.8 Å². The molecular formula is C26H21F3N2O4S2. The number of sulfonamides is 1. The van der Waals surface area contributed by atoms with Crippen molar-refractivity contribution in [2.75, 3.05) is 11.3 Å². The fourth-order valence-corrected chi connectivity index (χ4v) is 5.61. The average Bonchev–Trinajstić information content (AvgIpc) is 3.34. The van der Waals surface area contributed by atoms with Crippen LogP contribution in [-0.2, 0) is 16.4 Å². The molecule has 0 amide bonds. The van der Waals surface area contributed by atoms with E-state index in [4.69, 9.17) is 9.72 Å². The van der Waals surface area contributed by atoms with Crippen molar-refractivity contribution in [1.29, 1.82) is 0 Å². The molecule has 1 aromatic heterocycles. The van der Waals surface area contributed by atoms with E-state index in [1.54, 1.807) is 29.0 Å². The number of aliphatic hydroxyl groups is 1. The number of ether oxygens (including phenoxy) is 1. The third-order valence-electron chi connectivity index (χ3n) is 6.06. The number of alkyl halides is 3. The Morgan fingerprint density at radius 1 is 1.03 bits per heavy atom. The van der Waals surface area contributed by atoms with Crippen LogP contribution in [0.1, 0.15) is 17.4 Å². The van der Waals surface area contributed by atoms with Gasteiger partial charge in [0.15, 0.2) is 0 Å². The minimum absolute atomic E-state index is 0.216. The minimum atomic E-state index is -5.59. The summed E-state index contributed by atoms with van der Waals surface area (Å²) >= 11 is 1.53. The van der Waals surface area contributed by atoms with E-state index in [1.165, 1.54) is 29.5 Å². The fourth-order valence-electron chi connectivity index (χ4n) is 4.19. The van der Waals surface area contributed by atoms with Gasteiger partial charge in [-0.15, -0.1) is 11.3 Å². The molecule has 0 saturated heterocycles. The third kappa shape index (κ3) is 5.20. The van der Waals surface area contributed by atoms with E-state index >= 15 is 0 Å². The molecule has 0 bridgehead atoms. The highest BCUT2D eigenvalue weighted by molar-refractivity contribution is 7.93. The summed E-state index contributed by atoms with van der Waals surface area (Å²) in [7, 11) is -5.59. The summed E-state index contributed by atoms with van der Waals surface area (Å²) in [5.74, 6) is 0.146. The first kappa shape index (κ1) is 25.2. The van der Waals surface area contributed by atoms with Crippen LogP contribution in [0.5, 0.6) is 5.75 Å². The number of anilines is 1. The Morgan fingerprint density at radius 2 is 1.76 bits per heavy atom. The molecule has 1 aliphatic rings. The van der Waals surface area contributed by atoms with Gasteiger partial charge in [0.2, 0.25) is 0 Å². The van der Waals surface area contributed by atoms with E-state index in [0.29, 0.717) is 23.3 Å². The number of hydrogen-bond donors (Lipinski definition) is 2. The molecule has 0 radical (unpaired) electrons. The lowest BCUT2D eigenvalue weighted by Crippen LogP contribution is -2.30. The van der Waals surface area contributed by atoms with Gasteiger partial charge in [0.25, 0.3) is 0 Å². The standard InChI is InChI=1S/C26H21F3N2O4S2/c27-26(28,29)37(33,34)31-22-9-5-4-8-20(22)17-10-11-21-23(13-17)35-14-18(24(21)32)12-19-15-36-25(30-19)16-6-2-1-3-7-16/h1-11,13,15,18,24,31-32H,12,14H2/t18?,24-/m0/s1. The number of fused-ring (bicyclic) bond motifs is 1. The number of benzene rings is 3. The average molecular weight is 547 g/mol. The molecular weight excluding hydrogens is 525 g/mol. The first-order valence-electron chi connectivity index (χ1n) is 11.3. The molecule has 37 heavy (non-hydrogen) atoms. The third-order valence-corrected chi connectivity index (χ3v) is 8.10. The lowest BCUT2D eigenvalue weighted by molar-refractivity contribution is -0.0429. The second kappa shape index (κ2) is 9.81. The first-order chi connectivity index (χ1) is 17.6. The van der Waals surface area contributed by atoms with Crippen molar-refractivity contribution in [3.05, 3.63) is 89.4 Å². The van der Waals surface area contributed by atoms with Crippen LogP contribution < -0.4 is 9.46 Å². The van der Waals surface area contributed by atoms with Gasteiger partial charge in [-0.1, -0.05) is 60.7 Å². The number of para-hydroxylation sites is 1. The van der Waals surface area contributed by atoms with E-state index in [9.17, 15) is 26.7 Å². The molecule has 1 unspecified atom stereocenters. The van der Waals surface area contributed by atoms with Crippen molar-refractivity contribution in [2.45, 2.75) is 18.0 Å². The summed E-state index contributed by atoms with van der Waals surface area (Å²) in [6.45, 7) is 0.220. The molecule has 4 aromatic rings. The van der Waals surface area contributed by atoms with Crippen molar-refractivity contribution < 1.29 is 31.4 Å². The molecule has 5 rings (SSSR count). The second-order valence-electron chi connectivity index (χ2n) is 8.58. The van der Waals surface area contributed by atoms with Crippen molar-refractivity contribution in [3.8, 4) is 27.4 Å². The van der Waals surface area contributed by atoms with Gasteiger partial charge in [-0.2, -0.15) is 21.6 Å². The van der Waals surface area contributed by atoms with Gasteiger partial charge < -0.3 is 9.84 Å². The van der Waals surface area contributed by atoms with Crippen LogP contribution in [-0.4, -0.2) is 30.6 Å². The van der Waals surface area contributed by atoms with Crippen molar-refractivity contribution in [1.82, 2.24) is 4.98 Å². The number of nitrogens with one attached hydrogen (secondary N) is 1. The smallest absolute Gasteiger partial charge is 0.493 e. The number of rotatable bonds is 6. The van der Waals surface area contributed by atoms with Crippen LogP contribution in [0.25, 0.3) is 21.7 Å². The van der Waals surface area contributed by atoms with Gasteiger partial charge in [-0.25, -0.2) is 4.98 Å². The van der Waals surface area contributed by atoms with E-state index < -0.39 is 21.6 Å². The lowest BCUT2D eigenvalue weighted by Gasteiger charge is -2.30. The minimum Gasteiger partial charge on any atom is -0.493 e. The number of thiazole rings is 1. The van der Waals surface area contributed by atoms with Gasteiger partial charge >= 0.3 is 15.5 Å². The molecule has 192 valence electrons. The molecule has 6 nitrogen and oxygen atoms in total. The van der Waals surface area contributed by atoms with E-state index in [1.807, 2.05) is 35.7 Å². The monoisotopic (exact) mass is 546 g/mol. The number of nitrogens with zero attached hydrogens (tertiary/aromatic N) is 1. The summed E-state index contributed by atoms with van der Waals surface area (Å²) in [5.41, 5.74) is -2.56. The Hall–Kier alpha value is -3.41. The Balaban J connectivity index is 1.36. The summed E-state index contributed by atoms with van der Waals surface area (Å²) in [6.07, 6.45) is -0.327. The van der Waals surface area contributed by atoms with E-state index in [0.717, 1.165) is 16.3 Å². The Bertz CT molecular complexity index is 1520. The highest BCUT2D eigenvalue weighted by Gasteiger charge is 2.46. The van der Waals surface area contributed by atoms with E-state index in [2.05, 4.69) is 0 Å². The Labute approximate surface area is 215 Å². The molecule has 2 atom stereocenters. The number of aromatic nitrogens is 1. The number of hydrogen-bond acceptors (Lipinski definition) is 6. The van der Waals surface area contributed by atoms with Crippen LogP contribution >= 0.6 is 11.3 Å². The molecule has 0 saturated carbocycles. The molecule has 3 aromatic carbocycles. The van der Waals surface area contributed by atoms with Crippen molar-refractivity contribution in [3.63, 3.8) is 0 Å². The maximum atomic E-state index is 12.9. The van der Waals surface area contributed by atoms with Crippen molar-refractivity contribution >= 4 is 27.0 Å². The molecule has 0 fully saturated rings. The first-order valence-corrected chi connectivity index (χ1v) is 13.6. The normalized spacial score (nSPS) is 17.6. The molecule has 1 aliphatic heterocycles. The largest absolute Gasteiger partial charge is 0.516 e. The second-order valence-corrected chi connectivity index (χ2v) is 11.1. The molecule has 2 heterocycles. The predicted molar refractivity (Wildman–Crippen MR) is 136 cm³/mol. The van der Waals surface area contributed by atoms with E-state index in [-0.39, 0.29) is 23.8 Å². The highest BCUT2D eigenvalue weighted by atomic mass is 32.2. The predicted octanol–water partition coefficient (Wildman–Crippen LogP) is 6.02. The SMILES string of the molecule is O=S(=O)(Nc1ccccc1-c1ccc2c(c1)OCC(Cc1csc(-c3ccccc3)n1)[C@@H]2O)C(F)(F)F. The number of aliphatic hydroxyl groups excluding tert-OH is 1. The van der Waals surface area contributed by atoms with Crippen LogP contribution in [0.4, 0.5) is 18.9 Å². The Kier molecular flexibility index (Phi) is 6.69. The van der Waals surface area contributed by atoms with Gasteiger partial charge in [0.05, 0.1) is 24.1 Å². The lowest BCUT2D eigenvalue weighted by atomic mass is 9.88. The van der Waals surface area contributed by atoms with Gasteiger partial charge in [-0.3, -0.25) is 4.72 Å². The zero-order chi connectivity index (χ0) is 26.2. The quantitative estimate of drug-likeness (QED) is 0.309.